The lowest BCUT2D eigenvalue weighted by atomic mass is 9.86. The normalized spacial score (nSPS) is 26.7. The molecule has 2 heterocycles. The number of rotatable bonds is 5. The summed E-state index contributed by atoms with van der Waals surface area (Å²) in [6, 6.07) is 0. The molecule has 0 aromatic rings. The molecular weight excluding hydrogens is 344 g/mol. The van der Waals surface area contributed by atoms with Crippen molar-refractivity contribution in [3.05, 3.63) is 35.5 Å². The van der Waals surface area contributed by atoms with E-state index in [4.69, 9.17) is 4.74 Å². The first kappa shape index (κ1) is 18.4. The minimum atomic E-state index is -0.888. The van der Waals surface area contributed by atoms with Gasteiger partial charge in [0.15, 0.2) is 0 Å². The third-order valence-corrected chi connectivity index (χ3v) is 6.48. The van der Waals surface area contributed by atoms with E-state index < -0.39 is 11.5 Å². The maximum Gasteiger partial charge on any atom is 0.331 e. The number of carboxylic acids is 1. The molecule has 0 aromatic heterocycles. The van der Waals surface area contributed by atoms with Gasteiger partial charge in [0.1, 0.15) is 5.54 Å². The first-order chi connectivity index (χ1) is 13.1. The van der Waals surface area contributed by atoms with Crippen LogP contribution in [0.1, 0.15) is 44.9 Å². The fourth-order valence-electron chi connectivity index (χ4n) is 4.59. The van der Waals surface area contributed by atoms with E-state index in [9.17, 15) is 14.7 Å². The van der Waals surface area contributed by atoms with E-state index in [-0.39, 0.29) is 11.4 Å². The van der Waals surface area contributed by atoms with Gasteiger partial charge < -0.3 is 15.2 Å². The highest BCUT2D eigenvalue weighted by Crippen LogP contribution is 2.45. The maximum atomic E-state index is 13.5. The first-order valence-electron chi connectivity index (χ1n) is 10.0. The van der Waals surface area contributed by atoms with Gasteiger partial charge in [-0.05, 0) is 63.6 Å². The first-order valence-corrected chi connectivity index (χ1v) is 10.0. The van der Waals surface area contributed by atoms with Crippen LogP contribution in [-0.4, -0.2) is 59.3 Å². The molecule has 0 spiro atoms. The predicted molar refractivity (Wildman–Crippen MR) is 101 cm³/mol. The minimum Gasteiger partial charge on any atom is -0.478 e. The standard InChI is InChI=1S/C21H28N2O4/c24-18(25)16-4-3-5-17(7-6-16)20(8-9-20)22-19(26)21(10-14-27-15-11-21)23-12-1-2-13-23/h3,5-7H,1-2,4,8-15H2,(H,22,26)(H,24,25). The Morgan fingerprint density at radius 3 is 2.41 bits per heavy atom. The summed E-state index contributed by atoms with van der Waals surface area (Å²) < 4.78 is 5.55. The Kier molecular flexibility index (Phi) is 4.95. The van der Waals surface area contributed by atoms with Crippen LogP contribution >= 0.6 is 0 Å². The van der Waals surface area contributed by atoms with Gasteiger partial charge in [-0.15, -0.1) is 0 Å². The van der Waals surface area contributed by atoms with Gasteiger partial charge in [0.05, 0.1) is 5.54 Å². The summed E-state index contributed by atoms with van der Waals surface area (Å²) in [7, 11) is 0. The predicted octanol–water partition coefficient (Wildman–Crippen LogP) is 2.18. The molecule has 0 aromatic carbocycles. The van der Waals surface area contributed by atoms with E-state index in [1.807, 2.05) is 18.2 Å². The number of aliphatic carboxylic acids is 1. The summed E-state index contributed by atoms with van der Waals surface area (Å²) in [5.74, 6) is -0.771. The molecule has 6 heteroatoms. The lowest BCUT2D eigenvalue weighted by Gasteiger charge is -2.44. The second-order valence-electron chi connectivity index (χ2n) is 8.10. The number of nitrogens with one attached hydrogen (secondary N) is 1. The van der Waals surface area contributed by atoms with Crippen LogP contribution in [0.5, 0.6) is 0 Å². The monoisotopic (exact) mass is 372 g/mol. The molecule has 0 radical (unpaired) electrons. The molecule has 2 N–H and O–H groups in total. The highest BCUT2D eigenvalue weighted by Gasteiger charge is 2.52. The average Bonchev–Trinajstić information content (AvgIpc) is 3.31. The molecule has 3 fully saturated rings. The van der Waals surface area contributed by atoms with Crippen LogP contribution in [-0.2, 0) is 14.3 Å². The topological polar surface area (TPSA) is 78.9 Å². The average molecular weight is 372 g/mol. The summed E-state index contributed by atoms with van der Waals surface area (Å²) in [5.41, 5.74) is 0.585. The van der Waals surface area contributed by atoms with Crippen molar-refractivity contribution in [2.24, 2.45) is 0 Å². The second-order valence-corrected chi connectivity index (χ2v) is 8.10. The number of carbonyl (C=O) groups excluding carboxylic acids is 1. The number of nitrogens with zero attached hydrogens (tertiary/aromatic N) is 1. The SMILES string of the molecule is O=C(O)C1=CC=C(C2(NC(=O)C3(N4CCCC4)CCOCC3)CC2)C=CC1. The summed E-state index contributed by atoms with van der Waals surface area (Å²) >= 11 is 0. The Labute approximate surface area is 159 Å². The Morgan fingerprint density at radius 1 is 1.07 bits per heavy atom. The van der Waals surface area contributed by atoms with Crippen molar-refractivity contribution in [1.29, 1.82) is 0 Å². The van der Waals surface area contributed by atoms with Gasteiger partial charge in [-0.3, -0.25) is 9.69 Å². The Balaban J connectivity index is 1.55. The Hall–Kier alpha value is -1.92. The number of ether oxygens (including phenoxy) is 1. The summed E-state index contributed by atoms with van der Waals surface area (Å²) in [5, 5.41) is 12.6. The Bertz CT molecular complexity index is 706. The highest BCUT2D eigenvalue weighted by molar-refractivity contribution is 5.89. The fourth-order valence-corrected chi connectivity index (χ4v) is 4.59. The zero-order valence-electron chi connectivity index (χ0n) is 15.7. The molecule has 2 aliphatic heterocycles. The number of amides is 1. The third kappa shape index (κ3) is 3.48. The van der Waals surface area contributed by atoms with Crippen LogP contribution in [0.4, 0.5) is 0 Å². The van der Waals surface area contributed by atoms with E-state index in [1.165, 1.54) is 0 Å². The van der Waals surface area contributed by atoms with Crippen molar-refractivity contribution in [2.45, 2.75) is 56.0 Å². The van der Waals surface area contributed by atoms with Crippen molar-refractivity contribution < 1.29 is 19.4 Å². The zero-order valence-corrected chi connectivity index (χ0v) is 15.7. The van der Waals surface area contributed by atoms with E-state index in [2.05, 4.69) is 10.2 Å². The maximum absolute atomic E-state index is 13.5. The molecule has 4 aliphatic rings. The van der Waals surface area contributed by atoms with Crippen LogP contribution in [0.3, 0.4) is 0 Å². The van der Waals surface area contributed by atoms with Crippen molar-refractivity contribution in [2.75, 3.05) is 26.3 Å². The van der Waals surface area contributed by atoms with Gasteiger partial charge in [-0.2, -0.15) is 0 Å². The molecule has 27 heavy (non-hydrogen) atoms. The van der Waals surface area contributed by atoms with Crippen LogP contribution in [0.15, 0.2) is 35.5 Å². The van der Waals surface area contributed by atoms with Gasteiger partial charge in [-0.1, -0.05) is 24.3 Å². The smallest absolute Gasteiger partial charge is 0.331 e. The van der Waals surface area contributed by atoms with Crippen molar-refractivity contribution >= 4 is 11.9 Å². The molecule has 0 bridgehead atoms. The highest BCUT2D eigenvalue weighted by atomic mass is 16.5. The van der Waals surface area contributed by atoms with E-state index in [1.54, 1.807) is 6.08 Å². The molecule has 0 atom stereocenters. The lowest BCUT2D eigenvalue weighted by Crippen LogP contribution is -2.62. The zero-order chi connectivity index (χ0) is 18.9. The largest absolute Gasteiger partial charge is 0.478 e. The third-order valence-electron chi connectivity index (χ3n) is 6.48. The number of likely N-dealkylation sites (tertiary alicyclic amines) is 1. The summed E-state index contributed by atoms with van der Waals surface area (Å²) in [6.07, 6.45) is 13.4. The van der Waals surface area contributed by atoms with Crippen LogP contribution in [0.25, 0.3) is 0 Å². The minimum absolute atomic E-state index is 0.117. The summed E-state index contributed by atoms with van der Waals surface area (Å²) in [4.78, 5) is 27.1. The number of carboxylic acid groups (broad SMARTS) is 1. The number of carbonyl (C=O) groups is 2. The molecule has 6 nitrogen and oxygen atoms in total. The van der Waals surface area contributed by atoms with E-state index in [0.717, 1.165) is 57.2 Å². The van der Waals surface area contributed by atoms with Gasteiger partial charge >= 0.3 is 5.97 Å². The number of hydrogen-bond acceptors (Lipinski definition) is 4. The van der Waals surface area contributed by atoms with Gasteiger partial charge in [0, 0.05) is 18.8 Å². The molecule has 0 unspecified atom stereocenters. The lowest BCUT2D eigenvalue weighted by molar-refractivity contribution is -0.140. The molecule has 2 aliphatic carbocycles. The van der Waals surface area contributed by atoms with E-state index in [0.29, 0.717) is 25.2 Å². The number of hydrogen-bond donors (Lipinski definition) is 2. The van der Waals surface area contributed by atoms with Gasteiger partial charge in [0.2, 0.25) is 5.91 Å². The molecule has 1 amide bonds. The molecular formula is C21H28N2O4. The molecule has 4 rings (SSSR count). The molecule has 2 saturated heterocycles. The quantitative estimate of drug-likeness (QED) is 0.773. The van der Waals surface area contributed by atoms with Crippen molar-refractivity contribution in [3.8, 4) is 0 Å². The molecule has 1 saturated carbocycles. The van der Waals surface area contributed by atoms with Crippen molar-refractivity contribution in [1.82, 2.24) is 10.2 Å². The van der Waals surface area contributed by atoms with Crippen molar-refractivity contribution in [3.63, 3.8) is 0 Å². The van der Waals surface area contributed by atoms with Gasteiger partial charge in [0.25, 0.3) is 0 Å². The Morgan fingerprint density at radius 2 is 1.78 bits per heavy atom. The van der Waals surface area contributed by atoms with Gasteiger partial charge in [-0.25, -0.2) is 4.79 Å². The second kappa shape index (κ2) is 7.24. The summed E-state index contributed by atoms with van der Waals surface area (Å²) in [6.45, 7) is 3.22. The van der Waals surface area contributed by atoms with Crippen LogP contribution < -0.4 is 5.32 Å². The van der Waals surface area contributed by atoms with Crippen LogP contribution in [0, 0.1) is 0 Å². The fraction of sp³-hybridized carbons (Fsp3) is 0.619. The van der Waals surface area contributed by atoms with Crippen LogP contribution in [0.2, 0.25) is 0 Å². The number of allylic oxidation sites excluding steroid dienone is 3. The van der Waals surface area contributed by atoms with E-state index >= 15 is 0 Å². The molecule has 146 valence electrons.